The molecule has 0 bridgehead atoms. The van der Waals surface area contributed by atoms with E-state index in [0.29, 0.717) is 22.4 Å². The summed E-state index contributed by atoms with van der Waals surface area (Å²) >= 11 is 0. The van der Waals surface area contributed by atoms with Crippen molar-refractivity contribution in [3.8, 4) is 33.4 Å². The summed E-state index contributed by atoms with van der Waals surface area (Å²) in [5, 5.41) is 0.602. The van der Waals surface area contributed by atoms with Gasteiger partial charge in [0.15, 0.2) is 0 Å². The lowest BCUT2D eigenvalue weighted by molar-refractivity contribution is -0.129. The Labute approximate surface area is 276 Å². The topological polar surface area (TPSA) is 67.0 Å². The van der Waals surface area contributed by atoms with Gasteiger partial charge in [0.2, 0.25) is 5.91 Å². The van der Waals surface area contributed by atoms with Gasteiger partial charge in [0.25, 0.3) is 5.56 Å². The van der Waals surface area contributed by atoms with Gasteiger partial charge in [0.05, 0.1) is 22.9 Å². The standard InChI is InChI=1S/C42H28N4O2/c47-41-35-16-5-7-18-37(35)43-39-25-29(20-22-45(39)41)33-14-3-1-12-31(33)27-10-9-11-28(24-27)32-13-2-4-15-34(32)30-21-23-46-40(26-30)44-38-19-8-6-17-36(38)42(46)48/h1-26,35,37H. The molecule has 6 nitrogen and oxygen atoms in total. The van der Waals surface area contributed by atoms with E-state index in [1.54, 1.807) is 9.30 Å². The molecule has 2 atom stereocenters. The van der Waals surface area contributed by atoms with E-state index in [-0.39, 0.29) is 23.4 Å². The SMILES string of the molecule is O=C1C2C=CC=CC2N=C2C=C(c3ccccc3-c3cccc(-c4ccccc4-c4ccn5c(=O)c6ccccc6nc5c4)c3)C=CN12. The van der Waals surface area contributed by atoms with Gasteiger partial charge in [-0.2, -0.15) is 0 Å². The van der Waals surface area contributed by atoms with Crippen molar-refractivity contribution in [1.82, 2.24) is 14.3 Å². The van der Waals surface area contributed by atoms with Crippen LogP contribution < -0.4 is 5.56 Å². The summed E-state index contributed by atoms with van der Waals surface area (Å²) in [6, 6.07) is 36.5. The van der Waals surface area contributed by atoms with Crippen LogP contribution in [-0.2, 0) is 4.79 Å². The maximum atomic E-state index is 13.2. The zero-order valence-corrected chi connectivity index (χ0v) is 25.8. The van der Waals surface area contributed by atoms with Crippen LogP contribution in [0.25, 0.3) is 55.5 Å². The maximum Gasteiger partial charge on any atom is 0.265 e. The van der Waals surface area contributed by atoms with E-state index in [1.165, 1.54) is 0 Å². The van der Waals surface area contributed by atoms with Gasteiger partial charge in [0, 0.05) is 12.4 Å². The smallest absolute Gasteiger partial charge is 0.265 e. The number of rotatable bonds is 4. The maximum absolute atomic E-state index is 13.2. The summed E-state index contributed by atoms with van der Waals surface area (Å²) < 4.78 is 1.61. The number of benzene rings is 4. The average molecular weight is 621 g/mol. The molecule has 3 aliphatic rings. The molecule has 0 saturated carbocycles. The van der Waals surface area contributed by atoms with E-state index in [0.717, 1.165) is 44.5 Å². The highest BCUT2D eigenvalue weighted by Crippen LogP contribution is 2.37. The number of carbonyl (C=O) groups is 1. The number of para-hydroxylation sites is 1. The van der Waals surface area contributed by atoms with E-state index in [2.05, 4.69) is 54.6 Å². The molecule has 1 aliphatic carbocycles. The highest BCUT2D eigenvalue weighted by Gasteiger charge is 2.36. The molecule has 2 aliphatic heterocycles. The Morgan fingerprint density at radius 2 is 1.31 bits per heavy atom. The summed E-state index contributed by atoms with van der Waals surface area (Å²) in [6.07, 6.45) is 15.5. The molecule has 4 aromatic carbocycles. The van der Waals surface area contributed by atoms with Crippen molar-refractivity contribution in [1.29, 1.82) is 0 Å². The summed E-state index contributed by atoms with van der Waals surface area (Å²) in [5.41, 5.74) is 9.63. The molecular weight excluding hydrogens is 592 g/mol. The van der Waals surface area contributed by atoms with Crippen molar-refractivity contribution < 1.29 is 4.79 Å². The molecular formula is C42H28N4O2. The van der Waals surface area contributed by atoms with E-state index >= 15 is 0 Å². The second-order valence-electron chi connectivity index (χ2n) is 12.1. The normalized spacial score (nSPS) is 18.1. The van der Waals surface area contributed by atoms with Crippen molar-refractivity contribution in [2.45, 2.75) is 6.04 Å². The minimum atomic E-state index is -0.259. The highest BCUT2D eigenvalue weighted by molar-refractivity contribution is 6.14. The van der Waals surface area contributed by atoms with E-state index in [4.69, 9.17) is 9.98 Å². The lowest BCUT2D eigenvalue weighted by atomic mass is 9.89. The third-order valence-electron chi connectivity index (χ3n) is 9.33. The van der Waals surface area contributed by atoms with Gasteiger partial charge in [-0.05, 0) is 87.0 Å². The molecule has 6 heteroatoms. The highest BCUT2D eigenvalue weighted by atomic mass is 16.2. The number of fused-ring (bicyclic) bond motifs is 4. The summed E-state index contributed by atoms with van der Waals surface area (Å²) in [5.74, 6) is 0.445. The third kappa shape index (κ3) is 4.57. The van der Waals surface area contributed by atoms with Crippen LogP contribution in [0, 0.1) is 5.92 Å². The van der Waals surface area contributed by atoms with Gasteiger partial charge < -0.3 is 0 Å². The van der Waals surface area contributed by atoms with Crippen LogP contribution in [0.4, 0.5) is 0 Å². The molecule has 0 saturated heterocycles. The number of amidine groups is 1. The van der Waals surface area contributed by atoms with Crippen LogP contribution in [0.15, 0.2) is 168 Å². The van der Waals surface area contributed by atoms with Crippen LogP contribution >= 0.6 is 0 Å². The van der Waals surface area contributed by atoms with Crippen molar-refractivity contribution in [2.24, 2.45) is 10.9 Å². The predicted molar refractivity (Wildman–Crippen MR) is 192 cm³/mol. The fourth-order valence-corrected chi connectivity index (χ4v) is 6.95. The minimum Gasteiger partial charge on any atom is -0.273 e. The number of aromatic nitrogens is 2. The average Bonchev–Trinajstić information content (AvgIpc) is 3.15. The van der Waals surface area contributed by atoms with Gasteiger partial charge in [-0.25, -0.2) is 4.98 Å². The molecule has 228 valence electrons. The number of carbonyl (C=O) groups excluding carboxylic acids is 1. The van der Waals surface area contributed by atoms with Crippen molar-refractivity contribution in [3.05, 3.63) is 174 Å². The van der Waals surface area contributed by atoms with Gasteiger partial charge in [0.1, 0.15) is 11.5 Å². The Morgan fingerprint density at radius 3 is 2.10 bits per heavy atom. The molecule has 9 rings (SSSR count). The largest absolute Gasteiger partial charge is 0.273 e. The Kier molecular flexibility index (Phi) is 6.47. The molecule has 0 spiro atoms. The number of aliphatic imine (C=N–C) groups is 1. The second kappa shape index (κ2) is 11.1. The number of hydrogen-bond acceptors (Lipinski definition) is 4. The van der Waals surface area contributed by atoms with Gasteiger partial charge in [-0.3, -0.25) is 23.9 Å². The molecule has 0 radical (unpaired) electrons. The Hall–Kier alpha value is -6.40. The van der Waals surface area contributed by atoms with Gasteiger partial charge >= 0.3 is 0 Å². The van der Waals surface area contributed by atoms with Crippen LogP contribution in [0.3, 0.4) is 0 Å². The van der Waals surface area contributed by atoms with Crippen LogP contribution in [0.2, 0.25) is 0 Å². The third-order valence-corrected chi connectivity index (χ3v) is 9.33. The molecule has 1 amide bonds. The monoisotopic (exact) mass is 620 g/mol. The summed E-state index contributed by atoms with van der Waals surface area (Å²) in [4.78, 5) is 37.8. The first-order valence-corrected chi connectivity index (χ1v) is 16.0. The molecule has 0 fully saturated rings. The Balaban J connectivity index is 1.11. The second-order valence-corrected chi connectivity index (χ2v) is 12.1. The number of amides is 1. The van der Waals surface area contributed by atoms with Gasteiger partial charge in [-0.15, -0.1) is 0 Å². The van der Waals surface area contributed by atoms with E-state index in [1.807, 2.05) is 103 Å². The van der Waals surface area contributed by atoms with E-state index < -0.39 is 0 Å². The van der Waals surface area contributed by atoms with E-state index in [9.17, 15) is 9.59 Å². The van der Waals surface area contributed by atoms with Crippen LogP contribution in [0.5, 0.6) is 0 Å². The molecule has 2 aromatic heterocycles. The van der Waals surface area contributed by atoms with Crippen LogP contribution in [0.1, 0.15) is 5.56 Å². The Bertz CT molecular complexity index is 2530. The summed E-state index contributed by atoms with van der Waals surface area (Å²) in [6.45, 7) is 0. The first kappa shape index (κ1) is 27.9. The first-order valence-electron chi connectivity index (χ1n) is 16.0. The Morgan fingerprint density at radius 1 is 0.646 bits per heavy atom. The summed E-state index contributed by atoms with van der Waals surface area (Å²) in [7, 11) is 0. The van der Waals surface area contributed by atoms with Crippen molar-refractivity contribution >= 4 is 33.9 Å². The zero-order chi connectivity index (χ0) is 32.2. The molecule has 0 N–H and O–H groups in total. The predicted octanol–water partition coefficient (Wildman–Crippen LogP) is 8.11. The minimum absolute atomic E-state index is 0.0411. The zero-order valence-electron chi connectivity index (χ0n) is 25.8. The van der Waals surface area contributed by atoms with Crippen molar-refractivity contribution in [3.63, 3.8) is 0 Å². The number of hydrogen-bond donors (Lipinski definition) is 0. The lowest BCUT2D eigenvalue weighted by Gasteiger charge is -2.34. The first-order chi connectivity index (χ1) is 23.6. The lowest BCUT2D eigenvalue weighted by Crippen LogP contribution is -2.45. The molecule has 4 heterocycles. The van der Waals surface area contributed by atoms with Gasteiger partial charge in [-0.1, -0.05) is 103 Å². The van der Waals surface area contributed by atoms with Crippen molar-refractivity contribution in [2.75, 3.05) is 0 Å². The fourth-order valence-electron chi connectivity index (χ4n) is 6.95. The number of allylic oxidation sites excluding steroid dienone is 4. The number of pyridine rings is 1. The number of nitrogens with zero attached hydrogens (tertiary/aromatic N) is 4. The van der Waals surface area contributed by atoms with Crippen LogP contribution in [-0.4, -0.2) is 32.1 Å². The fraction of sp³-hybridized carbons (Fsp3) is 0.0476. The molecule has 6 aromatic rings. The quantitative estimate of drug-likeness (QED) is 0.187. The molecule has 48 heavy (non-hydrogen) atoms. The molecule has 2 unspecified atom stereocenters.